The first-order chi connectivity index (χ1) is 11.7. The lowest BCUT2D eigenvalue weighted by Gasteiger charge is -2.28. The molecule has 0 unspecified atom stereocenters. The first kappa shape index (κ1) is 18.3. The third-order valence-corrected chi connectivity index (χ3v) is 4.17. The molecule has 0 bridgehead atoms. The molecule has 6 heteroatoms. The van der Waals surface area contributed by atoms with Crippen molar-refractivity contribution in [2.45, 2.75) is 38.5 Å². The fourth-order valence-electron chi connectivity index (χ4n) is 2.79. The Morgan fingerprint density at radius 1 is 0.958 bits per heavy atom. The van der Waals surface area contributed by atoms with Gasteiger partial charge in [0.15, 0.2) is 0 Å². The van der Waals surface area contributed by atoms with Crippen LogP contribution < -0.4 is 15.5 Å². The molecule has 6 nitrogen and oxygen atoms in total. The van der Waals surface area contributed by atoms with Crippen molar-refractivity contribution in [3.8, 4) is 0 Å². The number of aliphatic hydroxyl groups excluding tert-OH is 1. The minimum absolute atomic E-state index is 0.155. The molecule has 1 saturated heterocycles. The number of rotatable bonds is 7. The molecule has 2 amide bonds. The van der Waals surface area contributed by atoms with Crippen molar-refractivity contribution in [1.82, 2.24) is 5.32 Å². The summed E-state index contributed by atoms with van der Waals surface area (Å²) >= 11 is 0. The Kier molecular flexibility index (Phi) is 7.55. The lowest BCUT2D eigenvalue weighted by atomic mass is 10.1. The molecule has 0 aromatic heterocycles. The van der Waals surface area contributed by atoms with E-state index in [1.54, 1.807) is 0 Å². The molecule has 1 fully saturated rings. The molecule has 1 aromatic carbocycles. The second-order valence-electron chi connectivity index (χ2n) is 6.09. The Hall–Kier alpha value is -2.08. The van der Waals surface area contributed by atoms with Crippen molar-refractivity contribution in [3.63, 3.8) is 0 Å². The highest BCUT2D eigenvalue weighted by Crippen LogP contribution is 2.21. The summed E-state index contributed by atoms with van der Waals surface area (Å²) in [5.41, 5.74) is 1.78. The first-order valence-electron chi connectivity index (χ1n) is 8.76. The van der Waals surface area contributed by atoms with Crippen molar-refractivity contribution in [2.24, 2.45) is 0 Å². The Morgan fingerprint density at radius 2 is 1.67 bits per heavy atom. The second-order valence-corrected chi connectivity index (χ2v) is 6.09. The van der Waals surface area contributed by atoms with E-state index in [2.05, 4.69) is 15.5 Å². The number of benzene rings is 1. The maximum Gasteiger partial charge on any atom is 0.313 e. The van der Waals surface area contributed by atoms with Gasteiger partial charge in [0, 0.05) is 37.6 Å². The molecule has 1 heterocycles. The maximum absolute atomic E-state index is 11.8. The molecular formula is C18H27N3O3. The van der Waals surface area contributed by atoms with E-state index < -0.39 is 11.8 Å². The number of hydrogen-bond donors (Lipinski definition) is 3. The summed E-state index contributed by atoms with van der Waals surface area (Å²) in [5, 5.41) is 13.9. The molecule has 1 aromatic rings. The number of unbranched alkanes of at least 4 members (excludes halogenated alkanes) is 2. The highest BCUT2D eigenvalue weighted by molar-refractivity contribution is 6.39. The van der Waals surface area contributed by atoms with Gasteiger partial charge in [0.25, 0.3) is 0 Å². The number of hydrogen-bond acceptors (Lipinski definition) is 4. The fraction of sp³-hybridized carbons (Fsp3) is 0.556. The molecule has 0 aliphatic carbocycles. The predicted molar refractivity (Wildman–Crippen MR) is 95.1 cm³/mol. The highest BCUT2D eigenvalue weighted by Gasteiger charge is 2.14. The van der Waals surface area contributed by atoms with Gasteiger partial charge in [0.1, 0.15) is 0 Å². The summed E-state index contributed by atoms with van der Waals surface area (Å²) in [7, 11) is 0. The normalized spacial score (nSPS) is 14.3. The van der Waals surface area contributed by atoms with E-state index in [1.165, 1.54) is 19.3 Å². The van der Waals surface area contributed by atoms with Crippen molar-refractivity contribution >= 4 is 23.2 Å². The summed E-state index contributed by atoms with van der Waals surface area (Å²) in [5.74, 6) is -1.28. The average molecular weight is 333 g/mol. The minimum Gasteiger partial charge on any atom is -0.396 e. The van der Waals surface area contributed by atoms with Crippen LogP contribution in [0, 0.1) is 0 Å². The Balaban J connectivity index is 1.75. The molecule has 0 saturated carbocycles. The standard InChI is InChI=1S/C18H27N3O3/c22-14-6-1-3-11-19-17(23)18(24)20-15-7-9-16(10-8-15)21-12-4-2-5-13-21/h7-10,22H,1-6,11-14H2,(H,19,23)(H,20,24). The number of aliphatic hydroxyl groups is 1. The molecule has 132 valence electrons. The summed E-state index contributed by atoms with van der Waals surface area (Å²) < 4.78 is 0. The molecule has 0 spiro atoms. The number of carbonyl (C=O) groups excluding carboxylic acids is 2. The zero-order chi connectivity index (χ0) is 17.2. The van der Waals surface area contributed by atoms with Crippen LogP contribution in [0.4, 0.5) is 11.4 Å². The minimum atomic E-state index is -0.650. The number of nitrogens with zero attached hydrogens (tertiary/aromatic N) is 1. The van der Waals surface area contributed by atoms with Gasteiger partial charge < -0.3 is 20.6 Å². The smallest absolute Gasteiger partial charge is 0.313 e. The SMILES string of the molecule is O=C(NCCCCCO)C(=O)Nc1ccc(N2CCCCC2)cc1. The molecule has 3 N–H and O–H groups in total. The zero-order valence-corrected chi connectivity index (χ0v) is 14.1. The van der Waals surface area contributed by atoms with E-state index >= 15 is 0 Å². The Bertz CT molecular complexity index is 525. The van der Waals surface area contributed by atoms with Crippen LogP contribution in [0.3, 0.4) is 0 Å². The van der Waals surface area contributed by atoms with Crippen LogP contribution in [-0.2, 0) is 9.59 Å². The number of nitrogens with one attached hydrogen (secondary N) is 2. The predicted octanol–water partition coefficient (Wildman–Crippen LogP) is 1.89. The van der Waals surface area contributed by atoms with Gasteiger partial charge in [0.2, 0.25) is 0 Å². The lowest BCUT2D eigenvalue weighted by Crippen LogP contribution is -2.35. The van der Waals surface area contributed by atoms with E-state index in [9.17, 15) is 9.59 Å². The Labute approximate surface area is 143 Å². The second kappa shape index (κ2) is 9.93. The number of amides is 2. The molecule has 1 aliphatic rings. The maximum atomic E-state index is 11.8. The summed E-state index contributed by atoms with van der Waals surface area (Å²) in [6, 6.07) is 7.62. The lowest BCUT2D eigenvalue weighted by molar-refractivity contribution is -0.136. The summed E-state index contributed by atoms with van der Waals surface area (Å²) in [6.45, 7) is 2.75. The first-order valence-corrected chi connectivity index (χ1v) is 8.76. The van der Waals surface area contributed by atoms with Gasteiger partial charge in [-0.05, 0) is 62.8 Å². The van der Waals surface area contributed by atoms with E-state index in [0.29, 0.717) is 18.7 Å². The molecule has 0 atom stereocenters. The molecule has 1 aliphatic heterocycles. The van der Waals surface area contributed by atoms with Gasteiger partial charge in [-0.2, -0.15) is 0 Å². The van der Waals surface area contributed by atoms with Crippen LogP contribution in [0.25, 0.3) is 0 Å². The average Bonchev–Trinajstić information content (AvgIpc) is 2.62. The van der Waals surface area contributed by atoms with E-state index in [-0.39, 0.29) is 6.61 Å². The number of anilines is 2. The largest absolute Gasteiger partial charge is 0.396 e. The van der Waals surface area contributed by atoms with Gasteiger partial charge in [0.05, 0.1) is 0 Å². The third kappa shape index (κ3) is 5.85. The summed E-state index contributed by atoms with van der Waals surface area (Å²) in [4.78, 5) is 25.9. The van der Waals surface area contributed by atoms with Crippen molar-refractivity contribution < 1.29 is 14.7 Å². The van der Waals surface area contributed by atoms with Crippen LogP contribution in [0.5, 0.6) is 0 Å². The van der Waals surface area contributed by atoms with Gasteiger partial charge in [-0.15, -0.1) is 0 Å². The monoisotopic (exact) mass is 333 g/mol. The quantitative estimate of drug-likeness (QED) is 0.526. The van der Waals surface area contributed by atoms with E-state index in [4.69, 9.17) is 5.11 Å². The van der Waals surface area contributed by atoms with Crippen LogP contribution >= 0.6 is 0 Å². The third-order valence-electron chi connectivity index (χ3n) is 4.17. The van der Waals surface area contributed by atoms with Gasteiger partial charge in [-0.1, -0.05) is 0 Å². The summed E-state index contributed by atoms with van der Waals surface area (Å²) in [6.07, 6.45) is 6.03. The number of carbonyl (C=O) groups is 2. The van der Waals surface area contributed by atoms with Crippen molar-refractivity contribution in [2.75, 3.05) is 36.5 Å². The topological polar surface area (TPSA) is 81.7 Å². The molecule has 0 radical (unpaired) electrons. The molecular weight excluding hydrogens is 306 g/mol. The fourth-order valence-corrected chi connectivity index (χ4v) is 2.79. The van der Waals surface area contributed by atoms with Gasteiger partial charge in [-0.25, -0.2) is 0 Å². The number of piperidine rings is 1. The van der Waals surface area contributed by atoms with Crippen molar-refractivity contribution in [3.05, 3.63) is 24.3 Å². The highest BCUT2D eigenvalue weighted by atomic mass is 16.3. The van der Waals surface area contributed by atoms with Crippen LogP contribution in [-0.4, -0.2) is 43.2 Å². The van der Waals surface area contributed by atoms with Gasteiger partial charge >= 0.3 is 11.8 Å². The van der Waals surface area contributed by atoms with E-state index in [0.717, 1.165) is 31.6 Å². The molecule has 2 rings (SSSR count). The van der Waals surface area contributed by atoms with Crippen molar-refractivity contribution in [1.29, 1.82) is 0 Å². The van der Waals surface area contributed by atoms with E-state index in [1.807, 2.05) is 24.3 Å². The van der Waals surface area contributed by atoms with Crippen LogP contribution in [0.15, 0.2) is 24.3 Å². The Morgan fingerprint density at radius 3 is 2.33 bits per heavy atom. The van der Waals surface area contributed by atoms with Crippen LogP contribution in [0.1, 0.15) is 38.5 Å². The van der Waals surface area contributed by atoms with Crippen LogP contribution in [0.2, 0.25) is 0 Å². The zero-order valence-electron chi connectivity index (χ0n) is 14.1. The molecule has 24 heavy (non-hydrogen) atoms. The van der Waals surface area contributed by atoms with Gasteiger partial charge in [-0.3, -0.25) is 9.59 Å².